The molecule has 3 rings (SSSR count). The van der Waals surface area contributed by atoms with Crippen LogP contribution in [0.4, 0.5) is 5.69 Å². The standard InChI is InChI=1S/C36H54N2O3S/c1-5-6-7-8-9-10-11-12-13-14-15-16-25-40-35-32(36(2,3)4)18-17-19-33(35)41-28-34(39)37-31-22-20-30(21-23-31)27-38-24-26-42-29-38/h17-24,26H,5-16,25,27-29H2,1-4H3,(H,37,39). The molecule has 0 bridgehead atoms. The fourth-order valence-corrected chi connectivity index (χ4v) is 5.88. The summed E-state index contributed by atoms with van der Waals surface area (Å²) in [6, 6.07) is 14.0. The first-order valence-corrected chi connectivity index (χ1v) is 17.2. The summed E-state index contributed by atoms with van der Waals surface area (Å²) in [5, 5.41) is 5.07. The van der Waals surface area contributed by atoms with Gasteiger partial charge in [0.25, 0.3) is 5.91 Å². The van der Waals surface area contributed by atoms with Crippen LogP contribution in [-0.2, 0) is 16.8 Å². The van der Waals surface area contributed by atoms with Crippen LogP contribution in [-0.4, -0.2) is 29.9 Å². The largest absolute Gasteiger partial charge is 0.489 e. The fraction of sp³-hybridized carbons (Fsp3) is 0.583. The number of benzene rings is 2. The van der Waals surface area contributed by atoms with E-state index in [1.54, 1.807) is 11.8 Å². The zero-order valence-corrected chi connectivity index (χ0v) is 27.4. The molecular formula is C36H54N2O3S. The average molecular weight is 595 g/mol. The summed E-state index contributed by atoms with van der Waals surface area (Å²) in [5.41, 5.74) is 2.98. The number of para-hydroxylation sites is 1. The zero-order valence-electron chi connectivity index (χ0n) is 26.6. The quantitative estimate of drug-likeness (QED) is 0.155. The van der Waals surface area contributed by atoms with Gasteiger partial charge in [-0.3, -0.25) is 4.79 Å². The SMILES string of the molecule is CCCCCCCCCCCCCCOc1c(OCC(=O)Nc2ccc(CN3C=CSC3)cc2)cccc1C(C)(C)C. The lowest BCUT2D eigenvalue weighted by Gasteiger charge is -2.24. The molecule has 1 aliphatic rings. The number of nitrogens with zero attached hydrogens (tertiary/aromatic N) is 1. The summed E-state index contributed by atoms with van der Waals surface area (Å²) in [6.07, 6.45) is 17.9. The molecule has 2 aromatic rings. The van der Waals surface area contributed by atoms with E-state index in [-0.39, 0.29) is 17.9 Å². The van der Waals surface area contributed by atoms with Crippen molar-refractivity contribution in [2.24, 2.45) is 0 Å². The Kier molecular flexibility index (Phi) is 15.2. The molecule has 5 nitrogen and oxygen atoms in total. The first-order valence-electron chi connectivity index (χ1n) is 16.2. The van der Waals surface area contributed by atoms with Crippen molar-refractivity contribution in [2.45, 2.75) is 117 Å². The van der Waals surface area contributed by atoms with Crippen molar-refractivity contribution in [1.82, 2.24) is 4.90 Å². The molecule has 0 fully saturated rings. The Morgan fingerprint density at radius 3 is 2.10 bits per heavy atom. The Bertz CT molecular complexity index is 1080. The van der Waals surface area contributed by atoms with Crippen LogP contribution in [0.1, 0.15) is 116 Å². The average Bonchev–Trinajstić information content (AvgIpc) is 3.48. The Labute approximate surface area is 259 Å². The van der Waals surface area contributed by atoms with Gasteiger partial charge in [0, 0.05) is 24.0 Å². The monoisotopic (exact) mass is 594 g/mol. The van der Waals surface area contributed by atoms with Crippen LogP contribution in [0.2, 0.25) is 0 Å². The lowest BCUT2D eigenvalue weighted by molar-refractivity contribution is -0.118. The van der Waals surface area contributed by atoms with E-state index >= 15 is 0 Å². The van der Waals surface area contributed by atoms with Gasteiger partial charge in [-0.25, -0.2) is 0 Å². The number of thioether (sulfide) groups is 1. The molecule has 0 saturated carbocycles. The van der Waals surface area contributed by atoms with Crippen LogP contribution in [0, 0.1) is 0 Å². The maximum absolute atomic E-state index is 12.7. The number of unbranched alkanes of at least 4 members (excludes halogenated alkanes) is 11. The molecule has 0 unspecified atom stereocenters. The summed E-state index contributed by atoms with van der Waals surface area (Å²) in [4.78, 5) is 15.0. The van der Waals surface area contributed by atoms with Gasteiger partial charge in [0.2, 0.25) is 0 Å². The molecule has 0 atom stereocenters. The summed E-state index contributed by atoms with van der Waals surface area (Å²) < 4.78 is 12.4. The van der Waals surface area contributed by atoms with Gasteiger partial charge in [-0.05, 0) is 41.0 Å². The van der Waals surface area contributed by atoms with E-state index in [9.17, 15) is 4.79 Å². The number of amides is 1. The predicted molar refractivity (Wildman–Crippen MR) is 179 cm³/mol. The van der Waals surface area contributed by atoms with Gasteiger partial charge < -0.3 is 19.7 Å². The minimum atomic E-state index is -0.185. The molecule has 1 amide bonds. The molecule has 6 heteroatoms. The molecule has 2 aromatic carbocycles. The van der Waals surface area contributed by atoms with Crippen LogP contribution in [0.25, 0.3) is 0 Å². The van der Waals surface area contributed by atoms with E-state index in [2.05, 4.69) is 67.7 Å². The highest BCUT2D eigenvalue weighted by Gasteiger charge is 2.22. The van der Waals surface area contributed by atoms with Crippen LogP contribution in [0.5, 0.6) is 11.5 Å². The van der Waals surface area contributed by atoms with Crippen molar-refractivity contribution in [1.29, 1.82) is 0 Å². The molecule has 232 valence electrons. The second-order valence-corrected chi connectivity index (χ2v) is 13.3. The number of hydrogen-bond donors (Lipinski definition) is 1. The number of carbonyl (C=O) groups is 1. The third kappa shape index (κ3) is 12.7. The Morgan fingerprint density at radius 1 is 0.857 bits per heavy atom. The molecule has 1 heterocycles. The van der Waals surface area contributed by atoms with E-state index in [0.29, 0.717) is 12.4 Å². The minimum absolute atomic E-state index is 0.0693. The molecule has 42 heavy (non-hydrogen) atoms. The second kappa shape index (κ2) is 18.8. The lowest BCUT2D eigenvalue weighted by Crippen LogP contribution is -2.21. The van der Waals surface area contributed by atoms with E-state index in [4.69, 9.17) is 9.47 Å². The number of carbonyl (C=O) groups excluding carboxylic acids is 1. The smallest absolute Gasteiger partial charge is 0.262 e. The molecule has 0 aliphatic carbocycles. The van der Waals surface area contributed by atoms with Crippen molar-refractivity contribution in [3.8, 4) is 11.5 Å². The van der Waals surface area contributed by atoms with Crippen LogP contribution in [0.15, 0.2) is 54.1 Å². The van der Waals surface area contributed by atoms with Gasteiger partial charge in [0.15, 0.2) is 18.1 Å². The van der Waals surface area contributed by atoms with Crippen molar-refractivity contribution >= 4 is 23.4 Å². The van der Waals surface area contributed by atoms with Gasteiger partial charge in [-0.15, -0.1) is 11.8 Å². The van der Waals surface area contributed by atoms with Crippen molar-refractivity contribution in [3.63, 3.8) is 0 Å². The number of anilines is 1. The van der Waals surface area contributed by atoms with Crippen LogP contribution >= 0.6 is 11.8 Å². The molecule has 1 N–H and O–H groups in total. The Hall–Kier alpha value is -2.60. The van der Waals surface area contributed by atoms with Crippen molar-refractivity contribution in [2.75, 3.05) is 24.4 Å². The summed E-state index contributed by atoms with van der Waals surface area (Å²) in [6.45, 7) is 10.3. The van der Waals surface area contributed by atoms with Crippen molar-refractivity contribution in [3.05, 3.63) is 65.2 Å². The Morgan fingerprint density at radius 2 is 1.50 bits per heavy atom. The highest BCUT2D eigenvalue weighted by atomic mass is 32.2. The molecule has 0 aromatic heterocycles. The van der Waals surface area contributed by atoms with E-state index in [1.165, 1.54) is 76.2 Å². The molecule has 0 radical (unpaired) electrons. The summed E-state index contributed by atoms with van der Waals surface area (Å²) >= 11 is 1.80. The van der Waals surface area contributed by atoms with Crippen LogP contribution < -0.4 is 14.8 Å². The fourth-order valence-electron chi connectivity index (χ4n) is 5.16. The highest BCUT2D eigenvalue weighted by Crippen LogP contribution is 2.38. The summed E-state index contributed by atoms with van der Waals surface area (Å²) in [5.74, 6) is 2.19. The predicted octanol–water partition coefficient (Wildman–Crippen LogP) is 10.1. The van der Waals surface area contributed by atoms with E-state index in [1.807, 2.05) is 24.3 Å². The number of ether oxygens (including phenoxy) is 2. The van der Waals surface area contributed by atoms with Crippen molar-refractivity contribution < 1.29 is 14.3 Å². The van der Waals surface area contributed by atoms with Gasteiger partial charge in [0.1, 0.15) is 0 Å². The van der Waals surface area contributed by atoms with Gasteiger partial charge in [-0.2, -0.15) is 0 Å². The first kappa shape index (κ1) is 33.9. The Balaban J connectivity index is 1.41. The third-order valence-electron chi connectivity index (χ3n) is 7.62. The normalized spacial score (nSPS) is 13.0. The van der Waals surface area contributed by atoms with Gasteiger partial charge >= 0.3 is 0 Å². The van der Waals surface area contributed by atoms with Gasteiger partial charge in [-0.1, -0.05) is 123 Å². The third-order valence-corrected chi connectivity index (χ3v) is 8.42. The number of nitrogens with one attached hydrogen (secondary N) is 1. The topological polar surface area (TPSA) is 50.8 Å². The van der Waals surface area contributed by atoms with E-state index in [0.717, 1.165) is 35.8 Å². The summed E-state index contributed by atoms with van der Waals surface area (Å²) in [7, 11) is 0. The first-order chi connectivity index (χ1) is 20.4. The number of rotatable bonds is 20. The minimum Gasteiger partial charge on any atom is -0.489 e. The second-order valence-electron chi connectivity index (χ2n) is 12.5. The number of hydrogen-bond acceptors (Lipinski definition) is 5. The maximum Gasteiger partial charge on any atom is 0.262 e. The maximum atomic E-state index is 12.7. The molecule has 1 aliphatic heterocycles. The molecule has 0 saturated heterocycles. The zero-order chi connectivity index (χ0) is 30.0. The molecular weight excluding hydrogens is 540 g/mol. The van der Waals surface area contributed by atoms with E-state index < -0.39 is 0 Å². The molecule has 0 spiro atoms. The lowest BCUT2D eigenvalue weighted by atomic mass is 9.86. The van der Waals surface area contributed by atoms with Gasteiger partial charge in [0.05, 0.1) is 12.5 Å². The van der Waals surface area contributed by atoms with Crippen LogP contribution in [0.3, 0.4) is 0 Å². The highest BCUT2D eigenvalue weighted by molar-refractivity contribution is 8.02.